The molecule has 0 radical (unpaired) electrons. The highest BCUT2D eigenvalue weighted by Crippen LogP contribution is 2.23. The normalized spacial score (nSPS) is 13.1. The van der Waals surface area contributed by atoms with Crippen molar-refractivity contribution in [1.82, 2.24) is 10.3 Å². The van der Waals surface area contributed by atoms with Crippen LogP contribution in [0.5, 0.6) is 0 Å². The monoisotopic (exact) mass is 402 g/mol. The van der Waals surface area contributed by atoms with Crippen LogP contribution in [0.1, 0.15) is 28.8 Å². The van der Waals surface area contributed by atoms with Gasteiger partial charge in [-0.05, 0) is 18.6 Å². The van der Waals surface area contributed by atoms with E-state index in [2.05, 4.69) is 10.3 Å². The Morgan fingerprint density at radius 3 is 2.68 bits per heavy atom. The number of carbonyl (C=O) groups is 1. The van der Waals surface area contributed by atoms with Gasteiger partial charge in [0.2, 0.25) is 5.91 Å². The van der Waals surface area contributed by atoms with Crippen molar-refractivity contribution in [3.63, 3.8) is 0 Å². The van der Waals surface area contributed by atoms with Crippen LogP contribution < -0.4 is 5.32 Å². The summed E-state index contributed by atoms with van der Waals surface area (Å²) >= 11 is 1.48. The predicted octanol–water partition coefficient (Wildman–Crippen LogP) is 3.58. The lowest BCUT2D eigenvalue weighted by Gasteiger charge is -2.24. The second-order valence-corrected chi connectivity index (χ2v) is 7.69. The molecule has 0 spiro atoms. The first-order valence-electron chi connectivity index (χ1n) is 8.75. The third kappa shape index (κ3) is 5.21. The maximum Gasteiger partial charge on any atom is 0.226 e. The third-order valence-electron chi connectivity index (χ3n) is 4.28. The van der Waals surface area contributed by atoms with Crippen LogP contribution in [-0.4, -0.2) is 22.5 Å². The molecular weight excluding hydrogens is 382 g/mol. The van der Waals surface area contributed by atoms with Gasteiger partial charge in [-0.2, -0.15) is 0 Å². The molecule has 146 valence electrons. The molecule has 0 fully saturated rings. The molecule has 3 rings (SSSR count). The van der Waals surface area contributed by atoms with E-state index in [4.69, 9.17) is 0 Å². The van der Waals surface area contributed by atoms with E-state index in [1.54, 1.807) is 0 Å². The number of amides is 1. The Morgan fingerprint density at radius 1 is 1.21 bits per heavy atom. The van der Waals surface area contributed by atoms with Crippen LogP contribution in [0.3, 0.4) is 0 Å². The minimum Gasteiger partial charge on any atom is -0.383 e. The van der Waals surface area contributed by atoms with Gasteiger partial charge in [0.05, 0.1) is 23.7 Å². The van der Waals surface area contributed by atoms with Crippen LogP contribution >= 0.6 is 11.3 Å². The highest BCUT2D eigenvalue weighted by Gasteiger charge is 2.27. The maximum absolute atomic E-state index is 13.9. The Hall–Kier alpha value is -2.64. The van der Waals surface area contributed by atoms with Crippen molar-refractivity contribution in [3.8, 4) is 0 Å². The third-order valence-corrected chi connectivity index (χ3v) is 5.18. The zero-order chi connectivity index (χ0) is 20.1. The number of nitrogens with zero attached hydrogens (tertiary/aromatic N) is 1. The molecule has 0 bridgehead atoms. The highest BCUT2D eigenvalue weighted by atomic mass is 32.1. The van der Waals surface area contributed by atoms with Gasteiger partial charge >= 0.3 is 0 Å². The van der Waals surface area contributed by atoms with Crippen molar-refractivity contribution in [2.24, 2.45) is 0 Å². The second-order valence-electron chi connectivity index (χ2n) is 6.75. The zero-order valence-electron chi connectivity index (χ0n) is 15.3. The fourth-order valence-corrected chi connectivity index (χ4v) is 3.63. The molecule has 1 atom stereocenters. The number of rotatable bonds is 7. The molecule has 0 aliphatic carbocycles. The number of carbonyl (C=O) groups excluding carboxylic acids is 1. The molecule has 2 aromatic carbocycles. The molecule has 1 aromatic heterocycles. The average Bonchev–Trinajstić information content (AvgIpc) is 3.07. The summed E-state index contributed by atoms with van der Waals surface area (Å²) < 4.78 is 26.9. The van der Waals surface area contributed by atoms with Gasteiger partial charge in [-0.15, -0.1) is 11.3 Å². The lowest BCUT2D eigenvalue weighted by molar-refractivity contribution is -0.121. The van der Waals surface area contributed by atoms with Crippen molar-refractivity contribution in [2.75, 3.05) is 6.54 Å². The lowest BCUT2D eigenvalue weighted by Crippen LogP contribution is -2.39. The van der Waals surface area contributed by atoms with Crippen molar-refractivity contribution in [3.05, 3.63) is 87.4 Å². The fourth-order valence-electron chi connectivity index (χ4n) is 2.80. The number of aliphatic hydroxyl groups is 1. The SMILES string of the molecule is CC(O)(CNC(=O)Cc1csc(Cc2ccccc2)n1)c1ccc(F)cc1F. The first-order chi connectivity index (χ1) is 13.3. The topological polar surface area (TPSA) is 62.2 Å². The molecule has 0 saturated carbocycles. The molecule has 0 aliphatic rings. The van der Waals surface area contributed by atoms with Crippen molar-refractivity contribution in [1.29, 1.82) is 0 Å². The van der Waals surface area contributed by atoms with Gasteiger partial charge in [-0.25, -0.2) is 13.8 Å². The minimum absolute atomic E-state index is 0.0628. The van der Waals surface area contributed by atoms with Gasteiger partial charge in [0.25, 0.3) is 0 Å². The summed E-state index contributed by atoms with van der Waals surface area (Å²) in [6, 6.07) is 12.9. The summed E-state index contributed by atoms with van der Waals surface area (Å²) in [5.74, 6) is -1.92. The molecule has 1 unspecified atom stereocenters. The van der Waals surface area contributed by atoms with E-state index in [0.29, 0.717) is 18.2 Å². The number of aromatic nitrogens is 1. The van der Waals surface area contributed by atoms with Crippen LogP contribution in [0.4, 0.5) is 8.78 Å². The van der Waals surface area contributed by atoms with E-state index < -0.39 is 17.2 Å². The average molecular weight is 402 g/mol. The number of hydrogen-bond acceptors (Lipinski definition) is 4. The minimum atomic E-state index is -1.66. The largest absolute Gasteiger partial charge is 0.383 e. The van der Waals surface area contributed by atoms with Crippen LogP contribution in [-0.2, 0) is 23.2 Å². The molecule has 1 heterocycles. The number of hydrogen-bond donors (Lipinski definition) is 2. The first-order valence-corrected chi connectivity index (χ1v) is 9.63. The smallest absolute Gasteiger partial charge is 0.226 e. The molecule has 0 saturated heterocycles. The van der Waals surface area contributed by atoms with Crippen molar-refractivity contribution >= 4 is 17.2 Å². The van der Waals surface area contributed by atoms with E-state index >= 15 is 0 Å². The lowest BCUT2D eigenvalue weighted by atomic mass is 9.95. The highest BCUT2D eigenvalue weighted by molar-refractivity contribution is 7.09. The molecule has 28 heavy (non-hydrogen) atoms. The summed E-state index contributed by atoms with van der Waals surface area (Å²) in [4.78, 5) is 16.7. The maximum atomic E-state index is 13.9. The Kier molecular flexibility index (Phi) is 6.16. The first kappa shape index (κ1) is 20.1. The number of thiazole rings is 1. The molecular formula is C21H20F2N2O2S. The Morgan fingerprint density at radius 2 is 1.96 bits per heavy atom. The summed E-state index contributed by atoms with van der Waals surface area (Å²) in [6.45, 7) is 1.17. The molecule has 3 aromatic rings. The number of nitrogens with one attached hydrogen (secondary N) is 1. The quantitative estimate of drug-likeness (QED) is 0.635. The van der Waals surface area contributed by atoms with E-state index in [1.165, 1.54) is 24.3 Å². The van der Waals surface area contributed by atoms with Crippen LogP contribution in [0.15, 0.2) is 53.9 Å². The van der Waals surface area contributed by atoms with Gasteiger partial charge in [0, 0.05) is 23.4 Å². The molecule has 2 N–H and O–H groups in total. The van der Waals surface area contributed by atoms with Gasteiger partial charge in [0.15, 0.2) is 0 Å². The predicted molar refractivity (Wildman–Crippen MR) is 104 cm³/mol. The number of halogens is 2. The Labute approximate surface area is 165 Å². The Bertz CT molecular complexity index is 958. The van der Waals surface area contributed by atoms with Crippen LogP contribution in [0.25, 0.3) is 0 Å². The van der Waals surface area contributed by atoms with Gasteiger partial charge in [0.1, 0.15) is 17.2 Å². The second kappa shape index (κ2) is 8.58. The summed E-state index contributed by atoms with van der Waals surface area (Å²) in [6.07, 6.45) is 0.763. The Balaban J connectivity index is 1.55. The summed E-state index contributed by atoms with van der Waals surface area (Å²) in [7, 11) is 0. The standard InChI is InChI=1S/C21H20F2N2O2S/c1-21(27,17-8-7-15(22)10-18(17)23)13-24-19(26)11-16-12-28-20(25-16)9-14-5-3-2-4-6-14/h2-8,10,12,27H,9,11,13H2,1H3,(H,24,26). The summed E-state index contributed by atoms with van der Waals surface area (Å²) in [5.41, 5.74) is 0.0489. The van der Waals surface area contributed by atoms with Gasteiger partial charge < -0.3 is 10.4 Å². The number of benzene rings is 2. The van der Waals surface area contributed by atoms with Gasteiger partial charge in [-0.1, -0.05) is 36.4 Å². The van der Waals surface area contributed by atoms with Crippen LogP contribution in [0.2, 0.25) is 0 Å². The van der Waals surface area contributed by atoms with Gasteiger partial charge in [-0.3, -0.25) is 4.79 Å². The van der Waals surface area contributed by atoms with E-state index in [-0.39, 0.29) is 24.4 Å². The van der Waals surface area contributed by atoms with E-state index in [1.807, 2.05) is 35.7 Å². The molecule has 1 amide bonds. The summed E-state index contributed by atoms with van der Waals surface area (Å²) in [5, 5.41) is 15.8. The molecule has 0 aliphatic heterocycles. The van der Waals surface area contributed by atoms with Crippen molar-refractivity contribution in [2.45, 2.75) is 25.4 Å². The molecule has 7 heteroatoms. The van der Waals surface area contributed by atoms with Crippen LogP contribution in [0, 0.1) is 11.6 Å². The van der Waals surface area contributed by atoms with Crippen molar-refractivity contribution < 1.29 is 18.7 Å². The zero-order valence-corrected chi connectivity index (χ0v) is 16.1. The fraction of sp³-hybridized carbons (Fsp3) is 0.238. The van der Waals surface area contributed by atoms with E-state index in [0.717, 1.165) is 16.6 Å². The molecule has 4 nitrogen and oxygen atoms in total. The van der Waals surface area contributed by atoms with E-state index in [9.17, 15) is 18.7 Å².